The van der Waals surface area contributed by atoms with Crippen molar-refractivity contribution in [1.29, 1.82) is 0 Å². The molecule has 0 fully saturated rings. The minimum absolute atomic E-state index is 0.168. The summed E-state index contributed by atoms with van der Waals surface area (Å²) in [5.74, 6) is -0.168. The third kappa shape index (κ3) is 7.82. The van der Waals surface area contributed by atoms with E-state index in [-0.39, 0.29) is 12.0 Å². The SMILES string of the molecule is CCOC(=O)C(C)(CCN(C)CCCOC)NC(C)C. The molecule has 0 aromatic carbocycles. The number of hydrogen-bond donors (Lipinski definition) is 1. The quantitative estimate of drug-likeness (QED) is 0.463. The fraction of sp³-hybridized carbons (Fsp3) is 0.933. The van der Waals surface area contributed by atoms with E-state index < -0.39 is 5.54 Å². The van der Waals surface area contributed by atoms with Crippen molar-refractivity contribution in [2.75, 3.05) is 40.5 Å². The Bertz CT molecular complexity index is 272. The zero-order valence-electron chi connectivity index (χ0n) is 14.0. The number of rotatable bonds is 11. The Morgan fingerprint density at radius 3 is 2.50 bits per heavy atom. The van der Waals surface area contributed by atoms with Crippen molar-refractivity contribution in [3.8, 4) is 0 Å². The van der Waals surface area contributed by atoms with Gasteiger partial charge >= 0.3 is 5.97 Å². The van der Waals surface area contributed by atoms with E-state index in [4.69, 9.17) is 9.47 Å². The molecule has 0 aromatic rings. The molecule has 0 bridgehead atoms. The monoisotopic (exact) mass is 288 g/mol. The number of hydrogen-bond acceptors (Lipinski definition) is 5. The van der Waals surface area contributed by atoms with Crippen molar-refractivity contribution in [2.24, 2.45) is 0 Å². The van der Waals surface area contributed by atoms with Crippen LogP contribution in [0.15, 0.2) is 0 Å². The van der Waals surface area contributed by atoms with Gasteiger partial charge in [0, 0.05) is 32.8 Å². The van der Waals surface area contributed by atoms with Gasteiger partial charge in [0.05, 0.1) is 6.61 Å². The van der Waals surface area contributed by atoms with Crippen LogP contribution in [-0.2, 0) is 14.3 Å². The minimum Gasteiger partial charge on any atom is -0.465 e. The van der Waals surface area contributed by atoms with E-state index in [0.29, 0.717) is 6.61 Å². The molecule has 0 aliphatic carbocycles. The summed E-state index contributed by atoms with van der Waals surface area (Å²) < 4.78 is 10.2. The summed E-state index contributed by atoms with van der Waals surface area (Å²) in [6.45, 7) is 10.8. The van der Waals surface area contributed by atoms with Crippen LogP contribution in [0.25, 0.3) is 0 Å². The highest BCUT2D eigenvalue weighted by Gasteiger charge is 2.34. The molecular formula is C15H32N2O3. The second-order valence-corrected chi connectivity index (χ2v) is 5.75. The summed E-state index contributed by atoms with van der Waals surface area (Å²) >= 11 is 0. The van der Waals surface area contributed by atoms with Crippen LogP contribution < -0.4 is 5.32 Å². The van der Waals surface area contributed by atoms with Gasteiger partial charge in [0.15, 0.2) is 0 Å². The van der Waals surface area contributed by atoms with Crippen molar-refractivity contribution in [3.63, 3.8) is 0 Å². The Morgan fingerprint density at radius 2 is 2.00 bits per heavy atom. The third-order valence-electron chi connectivity index (χ3n) is 3.22. The van der Waals surface area contributed by atoms with Gasteiger partial charge in [-0.1, -0.05) is 0 Å². The molecule has 0 aromatic heterocycles. The number of ether oxygens (including phenoxy) is 2. The Hall–Kier alpha value is -0.650. The molecule has 0 aliphatic heterocycles. The highest BCUT2D eigenvalue weighted by Crippen LogP contribution is 2.14. The molecule has 0 spiro atoms. The molecular weight excluding hydrogens is 256 g/mol. The lowest BCUT2D eigenvalue weighted by atomic mass is 9.96. The van der Waals surface area contributed by atoms with Crippen LogP contribution in [0.3, 0.4) is 0 Å². The largest absolute Gasteiger partial charge is 0.465 e. The van der Waals surface area contributed by atoms with Crippen LogP contribution in [0, 0.1) is 0 Å². The predicted octanol–water partition coefficient (Wildman–Crippen LogP) is 1.66. The van der Waals surface area contributed by atoms with Crippen LogP contribution in [0.1, 0.15) is 40.5 Å². The average Bonchev–Trinajstić information content (AvgIpc) is 2.36. The zero-order valence-corrected chi connectivity index (χ0v) is 14.0. The minimum atomic E-state index is -0.625. The Kier molecular flexibility index (Phi) is 9.80. The molecule has 0 saturated heterocycles. The first-order chi connectivity index (χ1) is 9.35. The van der Waals surface area contributed by atoms with Gasteiger partial charge in [-0.15, -0.1) is 0 Å². The number of carbonyl (C=O) groups is 1. The maximum absolute atomic E-state index is 12.2. The average molecular weight is 288 g/mol. The van der Waals surface area contributed by atoms with Crippen LogP contribution >= 0.6 is 0 Å². The van der Waals surface area contributed by atoms with Gasteiger partial charge in [-0.3, -0.25) is 10.1 Å². The van der Waals surface area contributed by atoms with Crippen LogP contribution in [-0.4, -0.2) is 62.9 Å². The molecule has 120 valence electrons. The molecule has 0 aliphatic rings. The molecule has 0 radical (unpaired) electrons. The smallest absolute Gasteiger partial charge is 0.326 e. The van der Waals surface area contributed by atoms with E-state index >= 15 is 0 Å². The maximum atomic E-state index is 12.2. The fourth-order valence-electron chi connectivity index (χ4n) is 2.17. The van der Waals surface area contributed by atoms with E-state index in [0.717, 1.165) is 32.5 Å². The fourth-order valence-corrected chi connectivity index (χ4v) is 2.17. The maximum Gasteiger partial charge on any atom is 0.326 e. The molecule has 0 amide bonds. The first-order valence-corrected chi connectivity index (χ1v) is 7.48. The molecule has 1 N–H and O–H groups in total. The lowest BCUT2D eigenvalue weighted by Crippen LogP contribution is -2.54. The topological polar surface area (TPSA) is 50.8 Å². The molecule has 0 heterocycles. The lowest BCUT2D eigenvalue weighted by Gasteiger charge is -2.32. The Balaban J connectivity index is 4.38. The van der Waals surface area contributed by atoms with Crippen LogP contribution in [0.2, 0.25) is 0 Å². The van der Waals surface area contributed by atoms with Gasteiger partial charge in [0.25, 0.3) is 0 Å². The van der Waals surface area contributed by atoms with Crippen molar-refractivity contribution in [1.82, 2.24) is 10.2 Å². The molecule has 1 atom stereocenters. The summed E-state index contributed by atoms with van der Waals surface area (Å²) in [7, 11) is 3.78. The van der Waals surface area contributed by atoms with E-state index in [1.165, 1.54) is 0 Å². The van der Waals surface area contributed by atoms with Gasteiger partial charge in [-0.05, 0) is 47.6 Å². The van der Waals surface area contributed by atoms with Crippen molar-refractivity contribution in [3.05, 3.63) is 0 Å². The predicted molar refractivity (Wildman–Crippen MR) is 81.9 cm³/mol. The summed E-state index contributed by atoms with van der Waals surface area (Å²) in [5.41, 5.74) is -0.625. The first kappa shape index (κ1) is 19.4. The van der Waals surface area contributed by atoms with Gasteiger partial charge in [-0.25, -0.2) is 0 Å². The summed E-state index contributed by atoms with van der Waals surface area (Å²) in [5, 5.41) is 3.34. The van der Waals surface area contributed by atoms with Crippen LogP contribution in [0.5, 0.6) is 0 Å². The number of nitrogens with one attached hydrogen (secondary N) is 1. The van der Waals surface area contributed by atoms with Gasteiger partial charge in [0.1, 0.15) is 5.54 Å². The van der Waals surface area contributed by atoms with E-state index in [9.17, 15) is 4.79 Å². The number of methoxy groups -OCH3 is 1. The van der Waals surface area contributed by atoms with Crippen molar-refractivity contribution in [2.45, 2.75) is 52.1 Å². The summed E-state index contributed by atoms with van der Waals surface area (Å²) in [4.78, 5) is 14.4. The Labute approximate surface area is 124 Å². The second kappa shape index (κ2) is 10.1. The Morgan fingerprint density at radius 1 is 1.35 bits per heavy atom. The van der Waals surface area contributed by atoms with Crippen molar-refractivity contribution < 1.29 is 14.3 Å². The molecule has 20 heavy (non-hydrogen) atoms. The van der Waals surface area contributed by atoms with E-state index in [2.05, 4.69) is 17.3 Å². The summed E-state index contributed by atoms with van der Waals surface area (Å²) in [6.07, 6.45) is 1.73. The van der Waals surface area contributed by atoms with Gasteiger partial charge in [0.2, 0.25) is 0 Å². The first-order valence-electron chi connectivity index (χ1n) is 7.48. The molecule has 0 saturated carbocycles. The number of esters is 1. The molecule has 5 heteroatoms. The summed E-state index contributed by atoms with van der Waals surface area (Å²) in [6, 6.07) is 0.239. The molecule has 5 nitrogen and oxygen atoms in total. The highest BCUT2D eigenvalue weighted by molar-refractivity contribution is 5.80. The zero-order chi connectivity index (χ0) is 15.6. The second-order valence-electron chi connectivity index (χ2n) is 5.75. The number of nitrogens with zero attached hydrogens (tertiary/aromatic N) is 1. The normalized spacial score (nSPS) is 14.6. The highest BCUT2D eigenvalue weighted by atomic mass is 16.5. The van der Waals surface area contributed by atoms with Crippen molar-refractivity contribution >= 4 is 5.97 Å². The third-order valence-corrected chi connectivity index (χ3v) is 3.22. The van der Waals surface area contributed by atoms with Crippen LogP contribution in [0.4, 0.5) is 0 Å². The number of carbonyl (C=O) groups excluding carboxylic acids is 1. The van der Waals surface area contributed by atoms with E-state index in [1.807, 2.05) is 27.7 Å². The molecule has 0 rings (SSSR count). The van der Waals surface area contributed by atoms with E-state index in [1.54, 1.807) is 7.11 Å². The van der Waals surface area contributed by atoms with Gasteiger partial charge < -0.3 is 14.4 Å². The van der Waals surface area contributed by atoms with Gasteiger partial charge in [-0.2, -0.15) is 0 Å². The molecule has 1 unspecified atom stereocenters. The standard InChI is InChI=1S/C15H32N2O3/c1-7-20-14(18)15(4,16-13(2)3)9-11-17(5)10-8-12-19-6/h13,16H,7-12H2,1-6H3. The lowest BCUT2D eigenvalue weighted by molar-refractivity contribution is -0.151.